The molecule has 4 nitrogen and oxygen atoms in total. The van der Waals surface area contributed by atoms with Crippen LogP contribution in [0.15, 0.2) is 88.0 Å². The largest absolute Gasteiger partial charge is 0.488 e. The molecule has 0 radical (unpaired) electrons. The lowest BCUT2D eigenvalue weighted by atomic mass is 10.0. The Morgan fingerprint density at radius 2 is 1.79 bits per heavy atom. The normalized spacial score (nSPS) is 14.6. The highest BCUT2D eigenvalue weighted by molar-refractivity contribution is 9.10. The van der Waals surface area contributed by atoms with Crippen molar-refractivity contribution in [3.63, 3.8) is 0 Å². The van der Waals surface area contributed by atoms with Crippen LogP contribution in [0.3, 0.4) is 0 Å². The molecular weight excluding hydrogens is 437 g/mol. The molecule has 6 heteroatoms. The molecule has 0 saturated carbocycles. The Morgan fingerprint density at radius 1 is 1.03 bits per heavy atom. The van der Waals surface area contributed by atoms with Crippen molar-refractivity contribution in [1.82, 2.24) is 0 Å². The standard InChI is InChI=1S/C23H15BrFNO3/c24-18-10-11-21(28-14-16-8-4-5-9-20(16)25)17(12-18)13-19-22(26-29-23(19)27)15-6-2-1-3-7-15/h1-13H,14H2/b19-13-. The van der Waals surface area contributed by atoms with Gasteiger partial charge in [0.2, 0.25) is 0 Å². The molecule has 3 aromatic rings. The average molecular weight is 452 g/mol. The Kier molecular flexibility index (Phi) is 5.53. The number of benzene rings is 3. The first kappa shape index (κ1) is 19.1. The number of ether oxygens (including phenoxy) is 1. The molecule has 144 valence electrons. The third-order valence-electron chi connectivity index (χ3n) is 4.35. The van der Waals surface area contributed by atoms with Crippen LogP contribution in [0.1, 0.15) is 16.7 Å². The molecular formula is C23H15BrFNO3. The molecule has 1 heterocycles. The van der Waals surface area contributed by atoms with Gasteiger partial charge in [0.1, 0.15) is 23.9 Å². The molecule has 1 aliphatic heterocycles. The van der Waals surface area contributed by atoms with Crippen molar-refractivity contribution < 1.29 is 18.8 Å². The van der Waals surface area contributed by atoms with Gasteiger partial charge in [0, 0.05) is 21.2 Å². The van der Waals surface area contributed by atoms with Crippen molar-refractivity contribution in [3.05, 3.63) is 105 Å². The van der Waals surface area contributed by atoms with Gasteiger partial charge in [-0.25, -0.2) is 9.18 Å². The zero-order chi connectivity index (χ0) is 20.2. The number of halogens is 2. The highest BCUT2D eigenvalue weighted by atomic mass is 79.9. The number of carbonyl (C=O) groups is 1. The maximum absolute atomic E-state index is 13.9. The number of rotatable bonds is 5. The molecule has 0 saturated heterocycles. The van der Waals surface area contributed by atoms with Crippen LogP contribution < -0.4 is 4.74 Å². The Hall–Kier alpha value is -3.25. The molecule has 3 aromatic carbocycles. The second-order valence-electron chi connectivity index (χ2n) is 6.30. The van der Waals surface area contributed by atoms with E-state index >= 15 is 0 Å². The van der Waals surface area contributed by atoms with E-state index in [1.807, 2.05) is 42.5 Å². The molecule has 29 heavy (non-hydrogen) atoms. The third kappa shape index (κ3) is 4.27. The van der Waals surface area contributed by atoms with Gasteiger partial charge in [0.15, 0.2) is 0 Å². The van der Waals surface area contributed by atoms with Crippen molar-refractivity contribution in [2.24, 2.45) is 5.16 Å². The Labute approximate surface area is 175 Å². The second kappa shape index (κ2) is 8.41. The molecule has 0 atom stereocenters. The SMILES string of the molecule is O=C1ON=C(c2ccccc2)/C1=C/c1cc(Br)ccc1OCc1ccccc1F. The number of nitrogens with zero attached hydrogens (tertiary/aromatic N) is 1. The summed E-state index contributed by atoms with van der Waals surface area (Å²) >= 11 is 3.44. The van der Waals surface area contributed by atoms with E-state index in [-0.39, 0.29) is 12.4 Å². The minimum atomic E-state index is -0.538. The van der Waals surface area contributed by atoms with Crippen LogP contribution in [0.4, 0.5) is 4.39 Å². The van der Waals surface area contributed by atoms with E-state index in [0.717, 1.165) is 10.0 Å². The van der Waals surface area contributed by atoms with Gasteiger partial charge < -0.3 is 9.57 Å². The zero-order valence-corrected chi connectivity index (χ0v) is 16.7. The number of carbonyl (C=O) groups excluding carboxylic acids is 1. The minimum Gasteiger partial charge on any atom is -0.488 e. The van der Waals surface area contributed by atoms with Crippen LogP contribution in [0.5, 0.6) is 5.75 Å². The van der Waals surface area contributed by atoms with Crippen molar-refractivity contribution in [2.75, 3.05) is 0 Å². The summed E-state index contributed by atoms with van der Waals surface area (Å²) in [6.45, 7) is 0.0640. The predicted molar refractivity (Wildman–Crippen MR) is 112 cm³/mol. The second-order valence-corrected chi connectivity index (χ2v) is 7.22. The number of oxime groups is 1. The monoisotopic (exact) mass is 451 g/mol. The average Bonchev–Trinajstić information content (AvgIpc) is 3.09. The van der Waals surface area contributed by atoms with Crippen LogP contribution >= 0.6 is 15.9 Å². The summed E-state index contributed by atoms with van der Waals surface area (Å²) in [6.07, 6.45) is 1.67. The van der Waals surface area contributed by atoms with E-state index < -0.39 is 5.97 Å². The van der Waals surface area contributed by atoms with E-state index in [2.05, 4.69) is 21.1 Å². The molecule has 0 aromatic heterocycles. The maximum Gasteiger partial charge on any atom is 0.368 e. The van der Waals surface area contributed by atoms with E-state index in [9.17, 15) is 9.18 Å². The van der Waals surface area contributed by atoms with Gasteiger partial charge in [-0.3, -0.25) is 0 Å². The molecule has 0 fully saturated rings. The van der Waals surface area contributed by atoms with Gasteiger partial charge in [-0.2, -0.15) is 0 Å². The molecule has 0 amide bonds. The van der Waals surface area contributed by atoms with E-state index in [0.29, 0.717) is 28.2 Å². The summed E-state index contributed by atoms with van der Waals surface area (Å²) in [7, 11) is 0. The topological polar surface area (TPSA) is 47.9 Å². The van der Waals surface area contributed by atoms with Crippen molar-refractivity contribution >= 4 is 33.7 Å². The first-order valence-corrected chi connectivity index (χ1v) is 9.64. The first-order chi connectivity index (χ1) is 14.1. The van der Waals surface area contributed by atoms with Gasteiger partial charge >= 0.3 is 5.97 Å². The van der Waals surface area contributed by atoms with Gasteiger partial charge in [-0.1, -0.05) is 69.6 Å². The van der Waals surface area contributed by atoms with Gasteiger partial charge in [0.25, 0.3) is 0 Å². The van der Waals surface area contributed by atoms with Crippen LogP contribution in [0.25, 0.3) is 6.08 Å². The third-order valence-corrected chi connectivity index (χ3v) is 4.85. The van der Waals surface area contributed by atoms with E-state index in [1.54, 1.807) is 30.3 Å². The van der Waals surface area contributed by atoms with Crippen molar-refractivity contribution in [3.8, 4) is 5.75 Å². The number of hydrogen-bond donors (Lipinski definition) is 0. The molecule has 0 spiro atoms. The lowest BCUT2D eigenvalue weighted by Gasteiger charge is -2.11. The molecule has 4 rings (SSSR count). The first-order valence-electron chi connectivity index (χ1n) is 8.84. The van der Waals surface area contributed by atoms with Crippen LogP contribution in [0.2, 0.25) is 0 Å². The van der Waals surface area contributed by atoms with Crippen LogP contribution in [-0.4, -0.2) is 11.7 Å². The Morgan fingerprint density at radius 3 is 2.59 bits per heavy atom. The fourth-order valence-electron chi connectivity index (χ4n) is 2.90. The molecule has 0 bridgehead atoms. The molecule has 0 aliphatic carbocycles. The zero-order valence-electron chi connectivity index (χ0n) is 15.1. The maximum atomic E-state index is 13.9. The quantitative estimate of drug-likeness (QED) is 0.379. The summed E-state index contributed by atoms with van der Waals surface area (Å²) in [4.78, 5) is 17.2. The minimum absolute atomic E-state index is 0.0640. The lowest BCUT2D eigenvalue weighted by molar-refractivity contribution is -0.136. The van der Waals surface area contributed by atoms with E-state index in [1.165, 1.54) is 6.07 Å². The summed E-state index contributed by atoms with van der Waals surface area (Å²) in [5.74, 6) is -0.359. The molecule has 1 aliphatic rings. The number of hydrogen-bond acceptors (Lipinski definition) is 4. The van der Waals surface area contributed by atoms with E-state index in [4.69, 9.17) is 9.57 Å². The summed E-state index contributed by atoms with van der Waals surface area (Å²) in [5, 5.41) is 3.92. The fraction of sp³-hybridized carbons (Fsp3) is 0.0435. The van der Waals surface area contributed by atoms with Gasteiger partial charge in [-0.15, -0.1) is 0 Å². The Bertz CT molecular complexity index is 1130. The molecule has 0 N–H and O–H groups in total. The Balaban J connectivity index is 1.67. The van der Waals surface area contributed by atoms with Gasteiger partial charge in [0.05, 0.1) is 5.57 Å². The summed E-state index contributed by atoms with van der Waals surface area (Å²) < 4.78 is 20.6. The summed E-state index contributed by atoms with van der Waals surface area (Å²) in [6, 6.07) is 21.1. The lowest BCUT2D eigenvalue weighted by Crippen LogP contribution is -2.07. The highest BCUT2D eigenvalue weighted by Gasteiger charge is 2.27. The van der Waals surface area contributed by atoms with Crippen LogP contribution in [0, 0.1) is 5.82 Å². The predicted octanol–water partition coefficient (Wildman–Crippen LogP) is 5.51. The molecule has 0 unspecified atom stereocenters. The van der Waals surface area contributed by atoms with Crippen molar-refractivity contribution in [1.29, 1.82) is 0 Å². The van der Waals surface area contributed by atoms with Crippen LogP contribution in [-0.2, 0) is 16.2 Å². The van der Waals surface area contributed by atoms with Crippen molar-refractivity contribution in [2.45, 2.75) is 6.61 Å². The fourth-order valence-corrected chi connectivity index (χ4v) is 3.28. The van der Waals surface area contributed by atoms with Gasteiger partial charge in [-0.05, 0) is 30.3 Å². The highest BCUT2D eigenvalue weighted by Crippen LogP contribution is 2.29. The summed E-state index contributed by atoms with van der Waals surface area (Å²) in [5.41, 5.74) is 2.64. The smallest absolute Gasteiger partial charge is 0.368 e.